The second kappa shape index (κ2) is 5.71. The van der Waals surface area contributed by atoms with Gasteiger partial charge in [-0.25, -0.2) is 13.1 Å². The fourth-order valence-electron chi connectivity index (χ4n) is 2.35. The third-order valence-corrected chi connectivity index (χ3v) is 5.46. The molecule has 0 aromatic heterocycles. The van der Waals surface area contributed by atoms with Crippen LogP contribution in [-0.2, 0) is 14.8 Å². The number of nitrogens with two attached hydrogens (primary N) is 1. The summed E-state index contributed by atoms with van der Waals surface area (Å²) in [6.07, 6.45) is 0.987. The first-order chi connectivity index (χ1) is 9.31. The zero-order valence-electron chi connectivity index (χ0n) is 12.1. The van der Waals surface area contributed by atoms with Crippen LogP contribution in [0.25, 0.3) is 0 Å². The van der Waals surface area contributed by atoms with Crippen molar-refractivity contribution >= 4 is 15.7 Å². The highest BCUT2D eigenvalue weighted by molar-refractivity contribution is 7.89. The number of hydrogen-bond donors (Lipinski definition) is 2. The molecular weight excluding hydrogens is 276 g/mol. The molecule has 1 aliphatic rings. The molecule has 6 heteroatoms. The summed E-state index contributed by atoms with van der Waals surface area (Å²) in [6, 6.07) is 3.17. The Hall–Kier alpha value is -1.11. The normalized spacial score (nSPS) is 23.1. The minimum Gasteiger partial charge on any atom is -0.398 e. The summed E-state index contributed by atoms with van der Waals surface area (Å²) in [7, 11) is -3.52. The van der Waals surface area contributed by atoms with Crippen LogP contribution < -0.4 is 10.5 Å². The summed E-state index contributed by atoms with van der Waals surface area (Å²) in [5.74, 6) is 0.230. The number of nitrogen functional groups attached to an aromatic ring is 1. The molecule has 0 amide bonds. The molecule has 112 valence electrons. The van der Waals surface area contributed by atoms with Crippen molar-refractivity contribution in [1.29, 1.82) is 0 Å². The number of ether oxygens (including phenoxy) is 1. The third kappa shape index (κ3) is 3.13. The van der Waals surface area contributed by atoms with Gasteiger partial charge >= 0.3 is 0 Å². The quantitative estimate of drug-likeness (QED) is 0.827. The molecule has 0 bridgehead atoms. The summed E-state index contributed by atoms with van der Waals surface area (Å²) < 4.78 is 32.7. The highest BCUT2D eigenvalue weighted by atomic mass is 32.2. The van der Waals surface area contributed by atoms with Gasteiger partial charge in [0.25, 0.3) is 0 Å². The van der Waals surface area contributed by atoms with E-state index in [2.05, 4.69) is 4.72 Å². The third-order valence-electron chi connectivity index (χ3n) is 4.06. The van der Waals surface area contributed by atoms with Gasteiger partial charge in [-0.15, -0.1) is 0 Å². The molecule has 2 rings (SSSR count). The van der Waals surface area contributed by atoms with Crippen LogP contribution in [0.4, 0.5) is 5.69 Å². The largest absolute Gasteiger partial charge is 0.398 e. The maximum Gasteiger partial charge on any atom is 0.240 e. The lowest BCUT2D eigenvalue weighted by Crippen LogP contribution is -2.32. The lowest BCUT2D eigenvalue weighted by molar-refractivity contribution is 0.107. The SMILES string of the molecule is Cc1cc(S(=O)(=O)NCC2CCOC2C)cc(N)c1C. The second-order valence-electron chi connectivity index (χ2n) is 5.43. The van der Waals surface area contributed by atoms with Crippen LogP contribution in [0.1, 0.15) is 24.5 Å². The predicted molar refractivity (Wildman–Crippen MR) is 79.0 cm³/mol. The Morgan fingerprint density at radius 1 is 1.40 bits per heavy atom. The Bertz CT molecular complexity index is 575. The first kappa shape index (κ1) is 15.3. The number of hydrogen-bond acceptors (Lipinski definition) is 4. The van der Waals surface area contributed by atoms with E-state index in [9.17, 15) is 8.42 Å². The van der Waals surface area contributed by atoms with Gasteiger partial charge in [-0.3, -0.25) is 0 Å². The average Bonchev–Trinajstić information content (AvgIpc) is 2.78. The van der Waals surface area contributed by atoms with Gasteiger partial charge < -0.3 is 10.5 Å². The molecule has 20 heavy (non-hydrogen) atoms. The molecule has 2 atom stereocenters. The molecule has 0 spiro atoms. The number of nitrogens with one attached hydrogen (secondary N) is 1. The maximum absolute atomic E-state index is 12.3. The Morgan fingerprint density at radius 3 is 2.65 bits per heavy atom. The van der Waals surface area contributed by atoms with Crippen molar-refractivity contribution in [2.24, 2.45) is 5.92 Å². The smallest absolute Gasteiger partial charge is 0.240 e. The molecule has 5 nitrogen and oxygen atoms in total. The second-order valence-corrected chi connectivity index (χ2v) is 7.20. The van der Waals surface area contributed by atoms with E-state index in [4.69, 9.17) is 10.5 Å². The van der Waals surface area contributed by atoms with E-state index in [0.29, 0.717) is 18.8 Å². The van der Waals surface area contributed by atoms with E-state index < -0.39 is 10.0 Å². The molecule has 0 aliphatic carbocycles. The molecule has 2 unspecified atom stereocenters. The minimum absolute atomic E-state index is 0.0996. The summed E-state index contributed by atoms with van der Waals surface area (Å²) in [5, 5.41) is 0. The van der Waals surface area contributed by atoms with Gasteiger partial charge in [-0.2, -0.15) is 0 Å². The highest BCUT2D eigenvalue weighted by Gasteiger charge is 2.26. The summed E-state index contributed by atoms with van der Waals surface area (Å²) in [6.45, 7) is 6.81. The lowest BCUT2D eigenvalue weighted by atomic mass is 10.0. The van der Waals surface area contributed by atoms with Gasteiger partial charge in [-0.05, 0) is 50.5 Å². The van der Waals surface area contributed by atoms with Gasteiger partial charge in [0.05, 0.1) is 11.0 Å². The molecule has 3 N–H and O–H groups in total. The molecular formula is C14H22N2O3S. The van der Waals surface area contributed by atoms with E-state index in [0.717, 1.165) is 17.5 Å². The summed E-state index contributed by atoms with van der Waals surface area (Å²) in [5.41, 5.74) is 8.15. The van der Waals surface area contributed by atoms with Crippen molar-refractivity contribution in [3.63, 3.8) is 0 Å². The Labute approximate surface area is 120 Å². The standard InChI is InChI=1S/C14H22N2O3S/c1-9-6-13(7-14(15)10(9)2)20(17,18)16-8-12-4-5-19-11(12)3/h6-7,11-12,16H,4-5,8,15H2,1-3H3. The molecule has 0 radical (unpaired) electrons. The summed E-state index contributed by atoms with van der Waals surface area (Å²) in [4.78, 5) is 0.227. The molecule has 1 heterocycles. The van der Waals surface area contributed by atoms with Gasteiger partial charge in [-0.1, -0.05) is 0 Å². The van der Waals surface area contributed by atoms with Crippen LogP contribution in [0, 0.1) is 19.8 Å². The van der Waals surface area contributed by atoms with Crippen LogP contribution in [0.5, 0.6) is 0 Å². The minimum atomic E-state index is -3.52. The predicted octanol–water partition coefficient (Wildman–Crippen LogP) is 1.59. The number of rotatable bonds is 4. The monoisotopic (exact) mass is 298 g/mol. The van der Waals surface area contributed by atoms with Crippen molar-refractivity contribution < 1.29 is 13.2 Å². The Kier molecular flexibility index (Phi) is 4.36. The van der Waals surface area contributed by atoms with Gasteiger partial charge in [0.15, 0.2) is 0 Å². The maximum atomic E-state index is 12.3. The number of sulfonamides is 1. The fourth-order valence-corrected chi connectivity index (χ4v) is 3.57. The van der Waals surface area contributed by atoms with Crippen LogP contribution in [0.2, 0.25) is 0 Å². The Balaban J connectivity index is 2.14. The molecule has 1 aromatic carbocycles. The van der Waals surface area contributed by atoms with Gasteiger partial charge in [0.1, 0.15) is 0 Å². The van der Waals surface area contributed by atoms with Gasteiger partial charge in [0, 0.05) is 24.8 Å². The van der Waals surface area contributed by atoms with Gasteiger partial charge in [0.2, 0.25) is 10.0 Å². The van der Waals surface area contributed by atoms with E-state index in [1.807, 2.05) is 20.8 Å². The molecule has 1 aliphatic heterocycles. The first-order valence-electron chi connectivity index (χ1n) is 6.79. The van der Waals surface area contributed by atoms with E-state index in [1.54, 1.807) is 6.07 Å². The Morgan fingerprint density at radius 2 is 2.10 bits per heavy atom. The highest BCUT2D eigenvalue weighted by Crippen LogP contribution is 2.23. The topological polar surface area (TPSA) is 81.4 Å². The van der Waals surface area contributed by atoms with E-state index >= 15 is 0 Å². The molecule has 1 saturated heterocycles. The lowest BCUT2D eigenvalue weighted by Gasteiger charge is -2.16. The van der Waals surface area contributed by atoms with Crippen molar-refractivity contribution in [3.05, 3.63) is 23.3 Å². The number of anilines is 1. The van der Waals surface area contributed by atoms with Crippen LogP contribution in [0.3, 0.4) is 0 Å². The average molecular weight is 298 g/mol. The van der Waals surface area contributed by atoms with Crippen molar-refractivity contribution in [1.82, 2.24) is 4.72 Å². The van der Waals surface area contributed by atoms with Crippen LogP contribution >= 0.6 is 0 Å². The zero-order valence-corrected chi connectivity index (χ0v) is 13.0. The summed E-state index contributed by atoms with van der Waals surface area (Å²) >= 11 is 0. The molecule has 0 saturated carbocycles. The van der Waals surface area contributed by atoms with Crippen LogP contribution in [0.15, 0.2) is 17.0 Å². The fraction of sp³-hybridized carbons (Fsp3) is 0.571. The first-order valence-corrected chi connectivity index (χ1v) is 8.27. The van der Waals surface area contributed by atoms with Crippen molar-refractivity contribution in [3.8, 4) is 0 Å². The molecule has 1 fully saturated rings. The van der Waals surface area contributed by atoms with Crippen molar-refractivity contribution in [2.45, 2.75) is 38.2 Å². The van der Waals surface area contributed by atoms with Crippen LogP contribution in [-0.4, -0.2) is 27.7 Å². The van der Waals surface area contributed by atoms with E-state index in [-0.39, 0.29) is 16.9 Å². The molecule has 1 aromatic rings. The zero-order chi connectivity index (χ0) is 14.9. The van der Waals surface area contributed by atoms with E-state index in [1.165, 1.54) is 6.07 Å². The van der Waals surface area contributed by atoms with Crippen molar-refractivity contribution in [2.75, 3.05) is 18.9 Å². The number of aryl methyl sites for hydroxylation is 1. The number of benzene rings is 1.